The molecule has 1 aliphatic heterocycles. The van der Waals surface area contributed by atoms with Crippen LogP contribution in [0.25, 0.3) is 5.69 Å². The maximum Gasteiger partial charge on any atom is 0.273 e. The van der Waals surface area contributed by atoms with E-state index in [1.807, 2.05) is 48.6 Å². The zero-order valence-corrected chi connectivity index (χ0v) is 15.0. The monoisotopic (exact) mass is 349 g/mol. The highest BCUT2D eigenvalue weighted by atomic mass is 16.2. The van der Waals surface area contributed by atoms with Crippen LogP contribution < -0.4 is 0 Å². The number of carbonyl (C=O) groups excluding carboxylic acids is 1. The van der Waals surface area contributed by atoms with E-state index in [0.29, 0.717) is 5.69 Å². The van der Waals surface area contributed by atoms with Crippen molar-refractivity contribution < 1.29 is 4.79 Å². The lowest BCUT2D eigenvalue weighted by atomic mass is 10.1. The highest BCUT2D eigenvalue weighted by molar-refractivity contribution is 5.93. The van der Waals surface area contributed by atoms with E-state index in [-0.39, 0.29) is 11.9 Å². The largest absolute Gasteiger partial charge is 0.353 e. The molecule has 4 heterocycles. The van der Waals surface area contributed by atoms with Crippen LogP contribution in [0.15, 0.2) is 55.1 Å². The molecule has 3 aromatic rings. The first kappa shape index (κ1) is 16.6. The molecular formula is C20H23N5O. The Kier molecular flexibility index (Phi) is 4.56. The summed E-state index contributed by atoms with van der Waals surface area (Å²) in [4.78, 5) is 19.7. The van der Waals surface area contributed by atoms with E-state index in [2.05, 4.69) is 20.7 Å². The SMILES string of the molecule is Cn1cccc1[C@@H]1CCCCCN1C(=O)c1cc(-n2cccn2)ccn1. The maximum atomic E-state index is 13.3. The molecule has 0 aliphatic carbocycles. The van der Waals surface area contributed by atoms with E-state index in [9.17, 15) is 4.79 Å². The molecule has 6 heteroatoms. The summed E-state index contributed by atoms with van der Waals surface area (Å²) in [6, 6.07) is 9.80. The van der Waals surface area contributed by atoms with Crippen LogP contribution in [0.2, 0.25) is 0 Å². The topological polar surface area (TPSA) is 56.0 Å². The van der Waals surface area contributed by atoms with Gasteiger partial charge in [-0.05, 0) is 43.2 Å². The summed E-state index contributed by atoms with van der Waals surface area (Å²) in [7, 11) is 2.04. The number of rotatable bonds is 3. The lowest BCUT2D eigenvalue weighted by molar-refractivity contribution is 0.0668. The van der Waals surface area contributed by atoms with Crippen molar-refractivity contribution in [2.45, 2.75) is 31.7 Å². The number of aromatic nitrogens is 4. The van der Waals surface area contributed by atoms with Gasteiger partial charge < -0.3 is 9.47 Å². The van der Waals surface area contributed by atoms with Crippen molar-refractivity contribution in [3.05, 3.63) is 66.5 Å². The Morgan fingerprint density at radius 3 is 2.81 bits per heavy atom. The number of hydrogen-bond acceptors (Lipinski definition) is 3. The van der Waals surface area contributed by atoms with Crippen LogP contribution in [-0.2, 0) is 7.05 Å². The van der Waals surface area contributed by atoms with Crippen molar-refractivity contribution in [3.63, 3.8) is 0 Å². The predicted molar refractivity (Wildman–Crippen MR) is 99.0 cm³/mol. The number of pyridine rings is 1. The summed E-state index contributed by atoms with van der Waals surface area (Å²) < 4.78 is 3.86. The number of likely N-dealkylation sites (tertiary alicyclic amines) is 1. The maximum absolute atomic E-state index is 13.3. The van der Waals surface area contributed by atoms with E-state index >= 15 is 0 Å². The molecule has 4 rings (SSSR count). The number of aryl methyl sites for hydroxylation is 1. The quantitative estimate of drug-likeness (QED) is 0.728. The van der Waals surface area contributed by atoms with Crippen LogP contribution in [0, 0.1) is 0 Å². The molecular weight excluding hydrogens is 326 g/mol. The van der Waals surface area contributed by atoms with E-state index in [4.69, 9.17) is 0 Å². The third-order valence-corrected chi connectivity index (χ3v) is 5.07. The minimum absolute atomic E-state index is 0.00731. The van der Waals surface area contributed by atoms with Gasteiger partial charge in [-0.1, -0.05) is 12.8 Å². The fourth-order valence-electron chi connectivity index (χ4n) is 3.73. The van der Waals surface area contributed by atoms with Crippen molar-refractivity contribution in [1.29, 1.82) is 0 Å². The number of hydrogen-bond donors (Lipinski definition) is 0. The number of amides is 1. The molecule has 0 bridgehead atoms. The van der Waals surface area contributed by atoms with Crippen molar-refractivity contribution in [3.8, 4) is 5.69 Å². The predicted octanol–water partition coefficient (Wildman–Crippen LogP) is 3.36. The minimum atomic E-state index is -0.00731. The van der Waals surface area contributed by atoms with Crippen LogP contribution in [0.5, 0.6) is 0 Å². The van der Waals surface area contributed by atoms with Gasteiger partial charge in [-0.3, -0.25) is 9.78 Å². The summed E-state index contributed by atoms with van der Waals surface area (Å²) in [5.41, 5.74) is 2.50. The van der Waals surface area contributed by atoms with Crippen LogP contribution in [0.3, 0.4) is 0 Å². The minimum Gasteiger partial charge on any atom is -0.353 e. The van der Waals surface area contributed by atoms with Gasteiger partial charge in [0.15, 0.2) is 0 Å². The molecule has 6 nitrogen and oxygen atoms in total. The Labute approximate surface area is 153 Å². The van der Waals surface area contributed by atoms with Crippen LogP contribution in [0.4, 0.5) is 0 Å². The Hall–Kier alpha value is -2.89. The fourth-order valence-corrected chi connectivity index (χ4v) is 3.73. The molecule has 1 fully saturated rings. The lowest BCUT2D eigenvalue weighted by Gasteiger charge is -2.30. The van der Waals surface area contributed by atoms with E-state index in [0.717, 1.165) is 37.9 Å². The van der Waals surface area contributed by atoms with Gasteiger partial charge in [0.1, 0.15) is 5.69 Å². The van der Waals surface area contributed by atoms with Gasteiger partial charge in [-0.2, -0.15) is 5.10 Å². The first-order chi connectivity index (χ1) is 12.7. The highest BCUT2D eigenvalue weighted by Crippen LogP contribution is 2.31. The van der Waals surface area contributed by atoms with Crippen LogP contribution in [0.1, 0.15) is 47.9 Å². The third kappa shape index (κ3) is 3.14. The van der Waals surface area contributed by atoms with Gasteiger partial charge in [-0.15, -0.1) is 0 Å². The van der Waals surface area contributed by atoms with Crippen LogP contribution in [-0.4, -0.2) is 36.7 Å². The van der Waals surface area contributed by atoms with Gasteiger partial charge in [0.2, 0.25) is 0 Å². The van der Waals surface area contributed by atoms with Crippen LogP contribution >= 0.6 is 0 Å². The average Bonchev–Trinajstić information content (AvgIpc) is 3.29. The number of carbonyl (C=O) groups is 1. The summed E-state index contributed by atoms with van der Waals surface area (Å²) in [6.07, 6.45) is 11.6. The average molecular weight is 349 g/mol. The molecule has 0 spiro atoms. The Bertz CT molecular complexity index is 883. The second-order valence-corrected chi connectivity index (χ2v) is 6.76. The molecule has 0 saturated carbocycles. The second-order valence-electron chi connectivity index (χ2n) is 6.76. The van der Waals surface area contributed by atoms with Crippen molar-refractivity contribution in [1.82, 2.24) is 24.2 Å². The van der Waals surface area contributed by atoms with Gasteiger partial charge >= 0.3 is 0 Å². The molecule has 134 valence electrons. The highest BCUT2D eigenvalue weighted by Gasteiger charge is 2.29. The van der Waals surface area contributed by atoms with E-state index in [1.54, 1.807) is 17.1 Å². The van der Waals surface area contributed by atoms with E-state index < -0.39 is 0 Å². The molecule has 0 unspecified atom stereocenters. The first-order valence-corrected chi connectivity index (χ1v) is 9.12. The molecule has 1 saturated heterocycles. The Morgan fingerprint density at radius 2 is 2.04 bits per heavy atom. The summed E-state index contributed by atoms with van der Waals surface area (Å²) in [6.45, 7) is 0.766. The molecule has 0 radical (unpaired) electrons. The molecule has 0 aromatic carbocycles. The van der Waals surface area contributed by atoms with Gasteiger partial charge in [-0.25, -0.2) is 4.68 Å². The van der Waals surface area contributed by atoms with Gasteiger partial charge in [0.05, 0.1) is 11.7 Å². The molecule has 26 heavy (non-hydrogen) atoms. The van der Waals surface area contributed by atoms with Crippen molar-refractivity contribution >= 4 is 5.91 Å². The number of nitrogens with zero attached hydrogens (tertiary/aromatic N) is 5. The third-order valence-electron chi connectivity index (χ3n) is 5.07. The van der Waals surface area contributed by atoms with E-state index in [1.165, 1.54) is 5.69 Å². The van der Waals surface area contributed by atoms with Crippen molar-refractivity contribution in [2.75, 3.05) is 6.54 Å². The summed E-state index contributed by atoms with van der Waals surface area (Å²) in [5, 5.41) is 4.24. The van der Waals surface area contributed by atoms with Gasteiger partial charge in [0.25, 0.3) is 5.91 Å². The molecule has 3 aromatic heterocycles. The standard InChI is InChI=1S/C20H23N5O/c1-23-12-5-8-18(23)19-7-3-2-4-13-24(19)20(26)17-15-16(9-11-21-17)25-14-6-10-22-25/h5-6,8-12,14-15,19H,2-4,7,13H2,1H3/t19-/m0/s1. The Balaban J connectivity index is 1.67. The smallest absolute Gasteiger partial charge is 0.273 e. The first-order valence-electron chi connectivity index (χ1n) is 9.12. The fraction of sp³-hybridized carbons (Fsp3) is 0.350. The van der Waals surface area contributed by atoms with Gasteiger partial charge in [0, 0.05) is 44.1 Å². The molecule has 0 N–H and O–H groups in total. The zero-order valence-electron chi connectivity index (χ0n) is 15.0. The lowest BCUT2D eigenvalue weighted by Crippen LogP contribution is -2.36. The second kappa shape index (κ2) is 7.15. The summed E-state index contributed by atoms with van der Waals surface area (Å²) >= 11 is 0. The normalized spacial score (nSPS) is 17.9. The van der Waals surface area contributed by atoms with Crippen molar-refractivity contribution in [2.24, 2.45) is 7.05 Å². The Morgan fingerprint density at radius 1 is 1.12 bits per heavy atom. The summed E-state index contributed by atoms with van der Waals surface area (Å²) in [5.74, 6) is -0.00731. The molecule has 1 amide bonds. The molecule has 1 aliphatic rings. The zero-order chi connectivity index (χ0) is 17.9. The molecule has 1 atom stereocenters.